The van der Waals surface area contributed by atoms with E-state index >= 15 is 0 Å². The van der Waals surface area contributed by atoms with Crippen LogP contribution < -0.4 is 10.1 Å². The molecule has 5 heteroatoms. The summed E-state index contributed by atoms with van der Waals surface area (Å²) in [6.07, 6.45) is 0. The van der Waals surface area contributed by atoms with Gasteiger partial charge in [-0.25, -0.2) is 4.79 Å². The number of methoxy groups -OCH3 is 1. The highest BCUT2D eigenvalue weighted by Gasteiger charge is 2.22. The van der Waals surface area contributed by atoms with Gasteiger partial charge in [0.25, 0.3) is 0 Å². The SMILES string of the molecule is CCN(CCO)C(=O)NC(c1ccccc1)c1ccccc1OC. The van der Waals surface area contributed by atoms with Crippen LogP contribution in [-0.4, -0.2) is 42.8 Å². The van der Waals surface area contributed by atoms with E-state index < -0.39 is 0 Å². The van der Waals surface area contributed by atoms with E-state index in [2.05, 4.69) is 5.32 Å². The van der Waals surface area contributed by atoms with Crippen LogP contribution >= 0.6 is 0 Å². The van der Waals surface area contributed by atoms with Gasteiger partial charge in [0.2, 0.25) is 0 Å². The van der Waals surface area contributed by atoms with Crippen molar-refractivity contribution < 1.29 is 14.6 Å². The van der Waals surface area contributed by atoms with Crippen LogP contribution in [0.15, 0.2) is 54.6 Å². The van der Waals surface area contributed by atoms with Gasteiger partial charge < -0.3 is 20.1 Å². The number of urea groups is 1. The second kappa shape index (κ2) is 8.93. The molecule has 0 aliphatic carbocycles. The molecule has 0 radical (unpaired) electrons. The Morgan fingerprint density at radius 1 is 1.17 bits per heavy atom. The van der Waals surface area contributed by atoms with Gasteiger partial charge in [-0.05, 0) is 18.6 Å². The number of para-hydroxylation sites is 1. The highest BCUT2D eigenvalue weighted by atomic mass is 16.5. The molecule has 5 nitrogen and oxygen atoms in total. The third-order valence-corrected chi connectivity index (χ3v) is 3.89. The number of rotatable bonds is 7. The fourth-order valence-corrected chi connectivity index (χ4v) is 2.63. The zero-order chi connectivity index (χ0) is 17.4. The minimum Gasteiger partial charge on any atom is -0.496 e. The molecular weight excluding hydrogens is 304 g/mol. The van der Waals surface area contributed by atoms with Gasteiger partial charge in [-0.3, -0.25) is 0 Å². The Labute approximate surface area is 142 Å². The molecule has 0 saturated heterocycles. The molecule has 0 spiro atoms. The van der Waals surface area contributed by atoms with Crippen LogP contribution in [0.5, 0.6) is 5.75 Å². The second-order valence-corrected chi connectivity index (χ2v) is 5.34. The van der Waals surface area contributed by atoms with Gasteiger partial charge in [0.05, 0.1) is 19.8 Å². The highest BCUT2D eigenvalue weighted by Crippen LogP contribution is 2.30. The van der Waals surface area contributed by atoms with Gasteiger partial charge in [-0.15, -0.1) is 0 Å². The summed E-state index contributed by atoms with van der Waals surface area (Å²) in [4.78, 5) is 14.2. The number of carbonyl (C=O) groups excluding carboxylic acids is 1. The van der Waals surface area contributed by atoms with Crippen LogP contribution in [0.4, 0.5) is 4.79 Å². The fourth-order valence-electron chi connectivity index (χ4n) is 2.63. The number of ether oxygens (including phenoxy) is 1. The number of hydrogen-bond acceptors (Lipinski definition) is 3. The van der Waals surface area contributed by atoms with Gasteiger partial charge in [0.1, 0.15) is 5.75 Å². The molecule has 2 amide bonds. The fraction of sp³-hybridized carbons (Fsp3) is 0.316. The lowest BCUT2D eigenvalue weighted by molar-refractivity contribution is 0.178. The zero-order valence-corrected chi connectivity index (χ0v) is 14.1. The standard InChI is InChI=1S/C19H24N2O3/c1-3-21(13-14-22)19(23)20-18(15-9-5-4-6-10-15)16-11-7-8-12-17(16)24-2/h4-12,18,22H,3,13-14H2,1-2H3,(H,20,23). The Hall–Kier alpha value is -2.53. The Kier molecular flexibility index (Phi) is 6.63. The van der Waals surface area contributed by atoms with E-state index in [1.807, 2.05) is 61.5 Å². The first-order chi connectivity index (χ1) is 11.7. The summed E-state index contributed by atoms with van der Waals surface area (Å²) in [6, 6.07) is 16.9. The first-order valence-electron chi connectivity index (χ1n) is 8.05. The van der Waals surface area contributed by atoms with Crippen LogP contribution in [-0.2, 0) is 0 Å². The van der Waals surface area contributed by atoms with Crippen LogP contribution in [0.1, 0.15) is 24.1 Å². The minimum atomic E-state index is -0.331. The van der Waals surface area contributed by atoms with Crippen molar-refractivity contribution in [1.82, 2.24) is 10.2 Å². The molecule has 2 aromatic carbocycles. The average molecular weight is 328 g/mol. The van der Waals surface area contributed by atoms with E-state index in [0.29, 0.717) is 13.1 Å². The Morgan fingerprint density at radius 3 is 2.46 bits per heavy atom. The molecule has 0 bridgehead atoms. The van der Waals surface area contributed by atoms with Crippen molar-refractivity contribution in [2.75, 3.05) is 26.8 Å². The van der Waals surface area contributed by atoms with Gasteiger partial charge in [-0.2, -0.15) is 0 Å². The lowest BCUT2D eigenvalue weighted by atomic mass is 9.98. The van der Waals surface area contributed by atoms with E-state index in [1.54, 1.807) is 12.0 Å². The predicted molar refractivity (Wildman–Crippen MR) is 94.1 cm³/mol. The Bertz CT molecular complexity index is 646. The van der Waals surface area contributed by atoms with Crippen LogP contribution in [0, 0.1) is 0 Å². The van der Waals surface area contributed by atoms with Crippen molar-refractivity contribution in [3.63, 3.8) is 0 Å². The van der Waals surface area contributed by atoms with E-state index in [-0.39, 0.29) is 18.7 Å². The highest BCUT2D eigenvalue weighted by molar-refractivity contribution is 5.75. The second-order valence-electron chi connectivity index (χ2n) is 5.34. The quantitative estimate of drug-likeness (QED) is 0.821. The maximum absolute atomic E-state index is 12.6. The van der Waals surface area contributed by atoms with Gasteiger partial charge in [0.15, 0.2) is 0 Å². The number of benzene rings is 2. The summed E-state index contributed by atoms with van der Waals surface area (Å²) in [5, 5.41) is 12.2. The molecule has 24 heavy (non-hydrogen) atoms. The van der Waals surface area contributed by atoms with Gasteiger partial charge in [-0.1, -0.05) is 48.5 Å². The van der Waals surface area contributed by atoms with Crippen LogP contribution in [0.3, 0.4) is 0 Å². The molecule has 128 valence electrons. The molecular formula is C19H24N2O3. The number of nitrogens with one attached hydrogen (secondary N) is 1. The Morgan fingerprint density at radius 2 is 1.83 bits per heavy atom. The molecule has 2 aromatic rings. The number of likely N-dealkylation sites (N-methyl/N-ethyl adjacent to an activating group) is 1. The summed E-state index contributed by atoms with van der Waals surface area (Å²) in [7, 11) is 1.62. The van der Waals surface area contributed by atoms with E-state index in [0.717, 1.165) is 16.9 Å². The minimum absolute atomic E-state index is 0.0636. The number of aliphatic hydroxyl groups is 1. The molecule has 0 heterocycles. The average Bonchev–Trinajstić information content (AvgIpc) is 2.64. The van der Waals surface area contributed by atoms with Crippen molar-refractivity contribution in [3.05, 3.63) is 65.7 Å². The van der Waals surface area contributed by atoms with Crippen molar-refractivity contribution in [3.8, 4) is 5.75 Å². The predicted octanol–water partition coefficient (Wildman–Crippen LogP) is 2.81. The summed E-state index contributed by atoms with van der Waals surface area (Å²) in [6.45, 7) is 2.65. The van der Waals surface area contributed by atoms with Crippen molar-refractivity contribution in [2.45, 2.75) is 13.0 Å². The molecule has 2 N–H and O–H groups in total. The van der Waals surface area contributed by atoms with E-state index in [9.17, 15) is 4.79 Å². The van der Waals surface area contributed by atoms with Gasteiger partial charge in [0, 0.05) is 18.7 Å². The maximum atomic E-state index is 12.6. The zero-order valence-electron chi connectivity index (χ0n) is 14.1. The van der Waals surface area contributed by atoms with Crippen molar-refractivity contribution >= 4 is 6.03 Å². The third kappa shape index (κ3) is 4.26. The normalized spacial score (nSPS) is 11.6. The lowest BCUT2D eigenvalue weighted by Crippen LogP contribution is -2.43. The number of carbonyl (C=O) groups is 1. The lowest BCUT2D eigenvalue weighted by Gasteiger charge is -2.26. The number of hydrogen-bond donors (Lipinski definition) is 2. The first kappa shape index (κ1) is 17.8. The molecule has 0 aromatic heterocycles. The number of amides is 2. The number of aliphatic hydroxyl groups excluding tert-OH is 1. The molecule has 1 atom stereocenters. The molecule has 0 fully saturated rings. The topological polar surface area (TPSA) is 61.8 Å². The van der Waals surface area contributed by atoms with Crippen molar-refractivity contribution in [2.24, 2.45) is 0 Å². The third-order valence-electron chi connectivity index (χ3n) is 3.89. The first-order valence-corrected chi connectivity index (χ1v) is 8.05. The molecule has 2 rings (SSSR count). The summed E-state index contributed by atoms with van der Waals surface area (Å²) in [5.74, 6) is 0.719. The molecule has 0 aliphatic rings. The van der Waals surface area contributed by atoms with E-state index in [4.69, 9.17) is 9.84 Å². The summed E-state index contributed by atoms with van der Waals surface area (Å²) < 4.78 is 5.46. The molecule has 1 unspecified atom stereocenters. The molecule has 0 saturated carbocycles. The number of nitrogens with zero attached hydrogens (tertiary/aromatic N) is 1. The smallest absolute Gasteiger partial charge is 0.318 e. The van der Waals surface area contributed by atoms with Crippen molar-refractivity contribution in [1.29, 1.82) is 0 Å². The van der Waals surface area contributed by atoms with Crippen LogP contribution in [0.25, 0.3) is 0 Å². The monoisotopic (exact) mass is 328 g/mol. The van der Waals surface area contributed by atoms with Crippen LogP contribution in [0.2, 0.25) is 0 Å². The molecule has 0 aliphatic heterocycles. The summed E-state index contributed by atoms with van der Waals surface area (Å²) >= 11 is 0. The van der Waals surface area contributed by atoms with Gasteiger partial charge >= 0.3 is 6.03 Å². The summed E-state index contributed by atoms with van der Waals surface area (Å²) in [5.41, 5.74) is 1.86. The largest absolute Gasteiger partial charge is 0.496 e. The maximum Gasteiger partial charge on any atom is 0.318 e. The van der Waals surface area contributed by atoms with E-state index in [1.165, 1.54) is 0 Å². The Balaban J connectivity index is 2.36.